The zero-order chi connectivity index (χ0) is 22.2. The van der Waals surface area contributed by atoms with Crippen LogP contribution in [0.25, 0.3) is 0 Å². The number of hydrogen-bond acceptors (Lipinski definition) is 5. The van der Waals surface area contributed by atoms with Gasteiger partial charge in [-0.2, -0.15) is 4.89 Å². The Bertz CT molecular complexity index is 828. The normalized spacial score (nSPS) is 38.6. The summed E-state index contributed by atoms with van der Waals surface area (Å²) in [4.78, 5) is 12.3. The third-order valence-corrected chi connectivity index (χ3v) is 8.95. The molecule has 0 N–H and O–H groups in total. The van der Waals surface area contributed by atoms with Crippen LogP contribution in [0.15, 0.2) is 12.1 Å². The predicted molar refractivity (Wildman–Crippen MR) is 122 cm³/mol. The van der Waals surface area contributed by atoms with Crippen LogP contribution in [-0.4, -0.2) is 28.9 Å². The first-order valence-electron chi connectivity index (χ1n) is 12.0. The lowest BCUT2D eigenvalue weighted by atomic mass is 9.47. The second kappa shape index (κ2) is 7.21. The van der Waals surface area contributed by atoms with E-state index in [1.165, 1.54) is 32.1 Å². The van der Waals surface area contributed by atoms with Gasteiger partial charge in [0.05, 0.1) is 12.7 Å². The van der Waals surface area contributed by atoms with Crippen LogP contribution < -0.4 is 9.16 Å². The largest absolute Gasteiger partial charge is 0.546 e. The second-order valence-electron chi connectivity index (χ2n) is 11.5. The van der Waals surface area contributed by atoms with Gasteiger partial charge in [0.1, 0.15) is 11.5 Å². The van der Waals surface area contributed by atoms with Gasteiger partial charge in [0.15, 0.2) is 5.60 Å². The molecule has 1 unspecified atom stereocenters. The van der Waals surface area contributed by atoms with E-state index in [1.807, 2.05) is 0 Å². The lowest BCUT2D eigenvalue weighted by Gasteiger charge is -2.68. The van der Waals surface area contributed by atoms with Gasteiger partial charge in [-0.25, -0.2) is 4.89 Å². The Morgan fingerprint density at radius 1 is 0.935 bits per heavy atom. The number of hydrogen-bond donors (Lipinski definition) is 0. The van der Waals surface area contributed by atoms with E-state index in [-0.39, 0.29) is 5.41 Å². The third kappa shape index (κ3) is 2.91. The molecule has 1 aromatic rings. The highest BCUT2D eigenvalue weighted by atomic mass is 28.3. The van der Waals surface area contributed by atoms with E-state index in [2.05, 4.69) is 46.0 Å². The summed E-state index contributed by atoms with van der Waals surface area (Å²) in [6, 6.07) is 4.15. The van der Waals surface area contributed by atoms with Gasteiger partial charge in [0.2, 0.25) is 9.04 Å². The summed E-state index contributed by atoms with van der Waals surface area (Å²) >= 11 is 0. The fraction of sp³-hybridized carbons (Fsp3) is 0.760. The minimum absolute atomic E-state index is 0.156. The molecule has 1 heterocycles. The van der Waals surface area contributed by atoms with E-state index < -0.39 is 20.4 Å². The lowest BCUT2D eigenvalue weighted by Crippen LogP contribution is -2.76. The molecule has 5 fully saturated rings. The molecule has 0 radical (unpaired) electrons. The topological polar surface area (TPSA) is 46.2 Å². The second-order valence-corrected chi connectivity index (χ2v) is 13.9. The molecule has 1 spiro atoms. The Balaban J connectivity index is 1.70. The van der Waals surface area contributed by atoms with Gasteiger partial charge in [-0.3, -0.25) is 0 Å². The first-order valence-corrected chi connectivity index (χ1v) is 14.7. The van der Waals surface area contributed by atoms with E-state index in [4.69, 9.17) is 23.7 Å². The summed E-state index contributed by atoms with van der Waals surface area (Å²) in [6.07, 6.45) is 6.28. The van der Waals surface area contributed by atoms with Crippen LogP contribution in [0.5, 0.6) is 11.5 Å². The maximum Gasteiger partial charge on any atom is 0.264 e. The monoisotopic (exact) mass is 446 g/mol. The highest BCUT2D eigenvalue weighted by Gasteiger charge is 2.77. The van der Waals surface area contributed by atoms with E-state index in [9.17, 15) is 0 Å². The van der Waals surface area contributed by atoms with Crippen molar-refractivity contribution in [3.05, 3.63) is 23.3 Å². The van der Waals surface area contributed by atoms with Crippen LogP contribution in [0, 0.1) is 23.7 Å². The van der Waals surface area contributed by atoms with Crippen LogP contribution >= 0.6 is 0 Å². The Morgan fingerprint density at radius 3 is 1.97 bits per heavy atom. The Labute approximate surface area is 188 Å². The zero-order valence-corrected chi connectivity index (χ0v) is 21.3. The van der Waals surface area contributed by atoms with Crippen molar-refractivity contribution in [3.63, 3.8) is 0 Å². The molecule has 0 aromatic heterocycles. The highest BCUT2D eigenvalue weighted by Crippen LogP contribution is 2.70. The molecule has 4 aliphatic carbocycles. The minimum atomic E-state index is -1.42. The average Bonchev–Trinajstić information content (AvgIpc) is 2.66. The van der Waals surface area contributed by atoms with E-state index in [0.29, 0.717) is 11.8 Å². The van der Waals surface area contributed by atoms with Gasteiger partial charge >= 0.3 is 0 Å². The molecule has 5 aliphatic rings. The van der Waals surface area contributed by atoms with Crippen LogP contribution in [0.1, 0.15) is 64.0 Å². The standard InChI is InChI=1S/C25H38O5Si/c1-23(2,3)21-20(26-4)9-8-19(22(21)28-31(6)7)25(27-5)24(29-30-25)17-11-15-10-16(13-17)14-18(24)12-15/h8-9,15-18,31H,10-14H2,1-7H3. The first kappa shape index (κ1) is 21.7. The van der Waals surface area contributed by atoms with Crippen molar-refractivity contribution < 1.29 is 23.7 Å². The van der Waals surface area contributed by atoms with Crippen molar-refractivity contribution in [3.8, 4) is 11.5 Å². The predicted octanol–water partition coefficient (Wildman–Crippen LogP) is 5.31. The molecule has 5 nitrogen and oxygen atoms in total. The number of rotatable bonds is 5. The molecule has 31 heavy (non-hydrogen) atoms. The van der Waals surface area contributed by atoms with Gasteiger partial charge in [-0.15, -0.1) is 0 Å². The van der Waals surface area contributed by atoms with Crippen molar-refractivity contribution in [1.82, 2.24) is 0 Å². The molecule has 0 amide bonds. The van der Waals surface area contributed by atoms with Gasteiger partial charge in [-0.05, 0) is 86.4 Å². The fourth-order valence-electron chi connectivity index (χ4n) is 7.39. The summed E-state index contributed by atoms with van der Waals surface area (Å²) in [5, 5.41) is 0. The zero-order valence-electron chi connectivity index (χ0n) is 20.1. The Morgan fingerprint density at radius 2 is 1.55 bits per heavy atom. The summed E-state index contributed by atoms with van der Waals surface area (Å²) in [5.41, 5.74) is 1.48. The molecule has 4 saturated carbocycles. The molecule has 6 rings (SSSR count). The lowest BCUT2D eigenvalue weighted by molar-refractivity contribution is -0.645. The Kier molecular flexibility index (Phi) is 5.06. The van der Waals surface area contributed by atoms with Gasteiger partial charge in [-0.1, -0.05) is 20.8 Å². The molecular weight excluding hydrogens is 408 g/mol. The van der Waals surface area contributed by atoms with Crippen LogP contribution in [-0.2, 0) is 25.7 Å². The summed E-state index contributed by atoms with van der Waals surface area (Å²) in [7, 11) is 2.09. The van der Waals surface area contributed by atoms with Crippen LogP contribution in [0.4, 0.5) is 0 Å². The SMILES string of the molecule is COc1ccc(C2(OC)OOC23C2CC4CC(C2)CC3C4)c(O[SiH](C)C)c1C(C)(C)C. The van der Waals surface area contributed by atoms with Crippen molar-refractivity contribution in [2.24, 2.45) is 23.7 Å². The summed E-state index contributed by atoms with van der Waals surface area (Å²) < 4.78 is 18.8. The molecular formula is C25H38O5Si. The van der Waals surface area contributed by atoms with Crippen molar-refractivity contribution >= 4 is 9.04 Å². The maximum atomic E-state index is 6.66. The average molecular weight is 447 g/mol. The number of ether oxygens (including phenoxy) is 2. The molecule has 1 aromatic carbocycles. The minimum Gasteiger partial charge on any atom is -0.546 e. The molecule has 6 heteroatoms. The van der Waals surface area contributed by atoms with Gasteiger partial charge < -0.3 is 13.9 Å². The van der Waals surface area contributed by atoms with Gasteiger partial charge in [0.25, 0.3) is 5.79 Å². The molecule has 172 valence electrons. The summed E-state index contributed by atoms with van der Waals surface area (Å²) in [5.74, 6) is 3.43. The highest BCUT2D eigenvalue weighted by molar-refractivity contribution is 6.49. The molecule has 1 atom stereocenters. The number of methoxy groups -OCH3 is 2. The Hall–Kier alpha value is -1.08. The number of benzene rings is 1. The summed E-state index contributed by atoms with van der Waals surface area (Å²) in [6.45, 7) is 11.0. The van der Waals surface area contributed by atoms with E-state index >= 15 is 0 Å². The van der Waals surface area contributed by atoms with Crippen LogP contribution in [0.2, 0.25) is 13.1 Å². The molecule has 1 aliphatic heterocycles. The first-order chi connectivity index (χ1) is 14.7. The van der Waals surface area contributed by atoms with Crippen molar-refractivity contribution in [2.45, 2.75) is 82.8 Å². The smallest absolute Gasteiger partial charge is 0.264 e. The van der Waals surface area contributed by atoms with E-state index in [1.54, 1.807) is 14.2 Å². The molecule has 1 saturated heterocycles. The quantitative estimate of drug-likeness (QED) is 0.453. The maximum absolute atomic E-state index is 6.66. The third-order valence-electron chi connectivity index (χ3n) is 8.25. The van der Waals surface area contributed by atoms with E-state index in [0.717, 1.165) is 34.5 Å². The van der Waals surface area contributed by atoms with Gasteiger partial charge in [0, 0.05) is 12.7 Å². The fourth-order valence-corrected chi connectivity index (χ4v) is 8.11. The van der Waals surface area contributed by atoms with Crippen molar-refractivity contribution in [2.75, 3.05) is 14.2 Å². The van der Waals surface area contributed by atoms with Crippen LogP contribution in [0.3, 0.4) is 0 Å². The van der Waals surface area contributed by atoms with Crippen molar-refractivity contribution in [1.29, 1.82) is 0 Å². The molecule has 4 bridgehead atoms.